The molecule has 1 aliphatic rings. The molecule has 4 nitrogen and oxygen atoms in total. The summed E-state index contributed by atoms with van der Waals surface area (Å²) in [5, 5.41) is 0.845. The van der Waals surface area contributed by atoms with Crippen LogP contribution in [-0.2, 0) is 7.05 Å². The number of carbonyl (C=O) groups excluding carboxylic acids is 1. The molecule has 0 unspecified atom stereocenters. The molecule has 1 fully saturated rings. The number of pyridine rings is 1. The Morgan fingerprint density at radius 1 is 1.20 bits per heavy atom. The van der Waals surface area contributed by atoms with Crippen molar-refractivity contribution >= 4 is 28.6 Å². The molecule has 1 aromatic carbocycles. The third kappa shape index (κ3) is 2.22. The Bertz CT molecular complexity index is 717. The van der Waals surface area contributed by atoms with Crippen LogP contribution < -0.4 is 5.56 Å². The van der Waals surface area contributed by atoms with Crippen molar-refractivity contribution in [2.75, 3.05) is 24.6 Å². The van der Waals surface area contributed by atoms with Gasteiger partial charge in [0.1, 0.15) is 0 Å². The highest BCUT2D eigenvalue weighted by molar-refractivity contribution is 7.99. The van der Waals surface area contributed by atoms with Crippen molar-refractivity contribution < 1.29 is 4.79 Å². The van der Waals surface area contributed by atoms with E-state index in [0.717, 1.165) is 35.5 Å². The van der Waals surface area contributed by atoms with E-state index in [1.807, 2.05) is 40.9 Å². The van der Waals surface area contributed by atoms with E-state index in [0.29, 0.717) is 5.56 Å². The van der Waals surface area contributed by atoms with Crippen molar-refractivity contribution in [1.82, 2.24) is 9.47 Å². The fourth-order valence-corrected chi connectivity index (χ4v) is 3.43. The van der Waals surface area contributed by atoms with Gasteiger partial charge in [-0.15, -0.1) is 0 Å². The summed E-state index contributed by atoms with van der Waals surface area (Å²) in [7, 11) is 1.73. The normalized spacial score (nSPS) is 15.6. The number of amides is 1. The first-order chi connectivity index (χ1) is 9.68. The van der Waals surface area contributed by atoms with Crippen molar-refractivity contribution in [3.63, 3.8) is 0 Å². The van der Waals surface area contributed by atoms with Crippen LogP contribution in [0.25, 0.3) is 10.9 Å². The smallest absolute Gasteiger partial charge is 0.254 e. The second-order valence-electron chi connectivity index (χ2n) is 4.88. The number of hydrogen-bond donors (Lipinski definition) is 0. The predicted molar refractivity (Wildman–Crippen MR) is 82.4 cm³/mol. The Hall–Kier alpha value is -1.75. The summed E-state index contributed by atoms with van der Waals surface area (Å²) in [5.74, 6) is 1.91. The fraction of sp³-hybridized carbons (Fsp3) is 0.333. The first-order valence-corrected chi connectivity index (χ1v) is 7.80. The molecule has 20 heavy (non-hydrogen) atoms. The first-order valence-electron chi connectivity index (χ1n) is 6.64. The van der Waals surface area contributed by atoms with Crippen LogP contribution in [0.4, 0.5) is 0 Å². The number of para-hydroxylation sites is 1. The summed E-state index contributed by atoms with van der Waals surface area (Å²) in [6.45, 7) is 1.51. The number of benzene rings is 1. The van der Waals surface area contributed by atoms with E-state index in [1.54, 1.807) is 11.6 Å². The lowest BCUT2D eigenvalue weighted by Gasteiger charge is -2.27. The molecule has 104 valence electrons. The van der Waals surface area contributed by atoms with Crippen LogP contribution >= 0.6 is 11.8 Å². The topological polar surface area (TPSA) is 42.3 Å². The summed E-state index contributed by atoms with van der Waals surface area (Å²) >= 11 is 1.86. The van der Waals surface area contributed by atoms with E-state index in [-0.39, 0.29) is 11.5 Å². The van der Waals surface area contributed by atoms with Crippen molar-refractivity contribution in [3.05, 3.63) is 46.2 Å². The minimum atomic E-state index is -0.140. The van der Waals surface area contributed by atoms with Crippen LogP contribution in [-0.4, -0.2) is 40.0 Å². The zero-order chi connectivity index (χ0) is 14.1. The summed E-state index contributed by atoms with van der Waals surface area (Å²) in [4.78, 5) is 26.5. The monoisotopic (exact) mass is 288 g/mol. The number of carbonyl (C=O) groups is 1. The van der Waals surface area contributed by atoms with Gasteiger partial charge in [-0.25, -0.2) is 0 Å². The first kappa shape index (κ1) is 13.2. The molecular weight excluding hydrogens is 272 g/mol. The van der Waals surface area contributed by atoms with E-state index in [2.05, 4.69) is 0 Å². The minimum absolute atomic E-state index is 0.0285. The minimum Gasteiger partial charge on any atom is -0.337 e. The zero-order valence-electron chi connectivity index (χ0n) is 11.3. The van der Waals surface area contributed by atoms with Crippen molar-refractivity contribution in [2.45, 2.75) is 0 Å². The molecule has 0 spiro atoms. The lowest BCUT2D eigenvalue weighted by Crippen LogP contribution is -2.38. The van der Waals surface area contributed by atoms with E-state index in [9.17, 15) is 9.59 Å². The maximum Gasteiger partial charge on any atom is 0.254 e. The van der Waals surface area contributed by atoms with Crippen molar-refractivity contribution in [1.29, 1.82) is 0 Å². The van der Waals surface area contributed by atoms with Crippen LogP contribution in [0.15, 0.2) is 35.1 Å². The van der Waals surface area contributed by atoms with Crippen LogP contribution in [0.1, 0.15) is 10.4 Å². The van der Waals surface area contributed by atoms with Gasteiger partial charge in [-0.05, 0) is 6.07 Å². The van der Waals surface area contributed by atoms with Gasteiger partial charge in [-0.3, -0.25) is 9.59 Å². The second-order valence-corrected chi connectivity index (χ2v) is 6.10. The predicted octanol–water partition coefficient (Wildman–Crippen LogP) is 1.73. The third-order valence-corrected chi connectivity index (χ3v) is 4.63. The fourth-order valence-electron chi connectivity index (χ4n) is 2.52. The van der Waals surface area contributed by atoms with Gasteiger partial charge in [-0.2, -0.15) is 11.8 Å². The summed E-state index contributed by atoms with van der Waals surface area (Å²) in [6.07, 6.45) is 0. The van der Waals surface area contributed by atoms with Gasteiger partial charge < -0.3 is 9.47 Å². The Morgan fingerprint density at radius 2 is 1.90 bits per heavy atom. The molecule has 0 saturated carbocycles. The largest absolute Gasteiger partial charge is 0.337 e. The van der Waals surface area contributed by atoms with Gasteiger partial charge in [0.15, 0.2) is 0 Å². The average Bonchev–Trinajstić information content (AvgIpc) is 2.51. The molecule has 0 radical (unpaired) electrons. The summed E-state index contributed by atoms with van der Waals surface area (Å²) in [6, 6.07) is 9.02. The third-order valence-electron chi connectivity index (χ3n) is 3.68. The number of nitrogens with zero attached hydrogens (tertiary/aromatic N) is 2. The van der Waals surface area contributed by atoms with Crippen molar-refractivity contribution in [2.24, 2.45) is 7.05 Å². The summed E-state index contributed by atoms with van der Waals surface area (Å²) in [5.41, 5.74) is 1.18. The number of aryl methyl sites for hydroxylation is 1. The maximum absolute atomic E-state index is 12.6. The van der Waals surface area contributed by atoms with Gasteiger partial charge >= 0.3 is 0 Å². The van der Waals surface area contributed by atoms with Gasteiger partial charge in [0.25, 0.3) is 11.5 Å². The standard InChI is InChI=1S/C15H16N2O2S/c1-16-13-5-3-2-4-11(13)12(10-14(16)18)15(19)17-6-8-20-9-7-17/h2-5,10H,6-9H2,1H3. The Kier molecular flexibility index (Phi) is 3.53. The molecule has 0 aliphatic carbocycles. The number of hydrogen-bond acceptors (Lipinski definition) is 3. The quantitative estimate of drug-likeness (QED) is 0.802. The summed E-state index contributed by atoms with van der Waals surface area (Å²) < 4.78 is 1.58. The molecule has 1 aromatic heterocycles. The van der Waals surface area contributed by atoms with E-state index >= 15 is 0 Å². The maximum atomic E-state index is 12.6. The number of aromatic nitrogens is 1. The highest BCUT2D eigenvalue weighted by Crippen LogP contribution is 2.19. The van der Waals surface area contributed by atoms with Crippen molar-refractivity contribution in [3.8, 4) is 0 Å². The van der Waals surface area contributed by atoms with Crippen LogP contribution in [0.3, 0.4) is 0 Å². The molecule has 2 aromatic rings. The highest BCUT2D eigenvalue weighted by atomic mass is 32.2. The van der Waals surface area contributed by atoms with E-state index in [4.69, 9.17) is 0 Å². The van der Waals surface area contributed by atoms with Crippen LogP contribution in [0, 0.1) is 0 Å². The lowest BCUT2D eigenvalue weighted by atomic mass is 10.1. The zero-order valence-corrected chi connectivity index (χ0v) is 12.2. The molecule has 1 aliphatic heterocycles. The van der Waals surface area contributed by atoms with Gasteiger partial charge in [0, 0.05) is 43.1 Å². The van der Waals surface area contributed by atoms with Crippen LogP contribution in [0.2, 0.25) is 0 Å². The molecule has 2 heterocycles. The van der Waals surface area contributed by atoms with E-state index < -0.39 is 0 Å². The molecule has 5 heteroatoms. The lowest BCUT2D eigenvalue weighted by molar-refractivity contribution is 0.0774. The molecule has 0 bridgehead atoms. The van der Waals surface area contributed by atoms with Gasteiger partial charge in [0.2, 0.25) is 0 Å². The Labute approximate surface area is 121 Å². The van der Waals surface area contributed by atoms with Gasteiger partial charge in [-0.1, -0.05) is 18.2 Å². The second kappa shape index (κ2) is 5.32. The molecule has 1 saturated heterocycles. The Balaban J connectivity index is 2.13. The average molecular weight is 288 g/mol. The highest BCUT2D eigenvalue weighted by Gasteiger charge is 2.21. The number of thioether (sulfide) groups is 1. The molecule has 0 atom stereocenters. The SMILES string of the molecule is Cn1c(=O)cc(C(=O)N2CCSCC2)c2ccccc21. The molecule has 0 N–H and O–H groups in total. The number of rotatable bonds is 1. The van der Waals surface area contributed by atoms with E-state index in [1.165, 1.54) is 6.07 Å². The van der Waals surface area contributed by atoms with Crippen LogP contribution in [0.5, 0.6) is 0 Å². The Morgan fingerprint density at radius 3 is 2.65 bits per heavy atom. The van der Waals surface area contributed by atoms with Gasteiger partial charge in [0.05, 0.1) is 11.1 Å². The molecular formula is C15H16N2O2S. The molecule has 1 amide bonds. The molecule has 3 rings (SSSR count). The number of fused-ring (bicyclic) bond motifs is 1.